The number of likely N-dealkylation sites (tertiary alicyclic amines) is 1. The largest absolute Gasteiger partial charge is 0.378 e. The molecular weight excluding hydrogens is 246 g/mol. The van der Waals surface area contributed by atoms with Crippen LogP contribution in [0.2, 0.25) is 0 Å². The zero-order valence-electron chi connectivity index (χ0n) is 13.0. The molecular formula is C17H29N3+2. The van der Waals surface area contributed by atoms with E-state index in [1.807, 2.05) is 4.90 Å². The van der Waals surface area contributed by atoms with Crippen molar-refractivity contribution < 1.29 is 10.2 Å². The van der Waals surface area contributed by atoms with E-state index in [0.29, 0.717) is 6.04 Å². The maximum Gasteiger partial charge on any atom is 0.163 e. The summed E-state index contributed by atoms with van der Waals surface area (Å²) in [7, 11) is 4.26. The summed E-state index contributed by atoms with van der Waals surface area (Å²) in [5.74, 6) is 0. The van der Waals surface area contributed by atoms with Gasteiger partial charge in [0.2, 0.25) is 0 Å². The minimum atomic E-state index is 0.716. The van der Waals surface area contributed by atoms with Crippen LogP contribution in [0.15, 0.2) is 18.2 Å². The van der Waals surface area contributed by atoms with Gasteiger partial charge in [-0.25, -0.2) is 0 Å². The fraction of sp³-hybridized carbons (Fsp3) is 0.647. The van der Waals surface area contributed by atoms with Crippen LogP contribution in [-0.2, 0) is 6.54 Å². The lowest BCUT2D eigenvalue weighted by Gasteiger charge is -2.31. The van der Waals surface area contributed by atoms with Crippen LogP contribution in [0.1, 0.15) is 42.9 Å². The normalized spacial score (nSPS) is 24.0. The summed E-state index contributed by atoms with van der Waals surface area (Å²) in [5.41, 5.74) is 4.52. The van der Waals surface area contributed by atoms with Gasteiger partial charge in [-0.1, -0.05) is 6.07 Å². The summed E-state index contributed by atoms with van der Waals surface area (Å²) in [6, 6.07) is 7.82. The van der Waals surface area contributed by atoms with Crippen molar-refractivity contribution in [3.63, 3.8) is 0 Å². The number of nitrogens with two attached hydrogens (primary N) is 1. The molecule has 20 heavy (non-hydrogen) atoms. The van der Waals surface area contributed by atoms with Gasteiger partial charge in [-0.3, -0.25) is 0 Å². The molecule has 1 fully saturated rings. The molecule has 3 nitrogen and oxygen atoms in total. The van der Waals surface area contributed by atoms with Crippen LogP contribution in [-0.4, -0.2) is 33.7 Å². The van der Waals surface area contributed by atoms with Crippen molar-refractivity contribution in [2.75, 3.05) is 38.6 Å². The molecule has 0 amide bonds. The lowest BCUT2D eigenvalue weighted by Crippen LogP contribution is -3.15. The second kappa shape index (κ2) is 6.15. The van der Waals surface area contributed by atoms with Crippen molar-refractivity contribution in [2.45, 2.75) is 38.3 Å². The number of rotatable bonds is 2. The van der Waals surface area contributed by atoms with Crippen LogP contribution in [0.4, 0.5) is 5.69 Å². The van der Waals surface area contributed by atoms with E-state index in [2.05, 4.69) is 42.5 Å². The van der Waals surface area contributed by atoms with Gasteiger partial charge >= 0.3 is 0 Å². The van der Waals surface area contributed by atoms with E-state index in [0.717, 1.165) is 6.54 Å². The molecule has 1 atom stereocenters. The Bertz CT molecular complexity index is 448. The minimum Gasteiger partial charge on any atom is -0.378 e. The van der Waals surface area contributed by atoms with Crippen LogP contribution >= 0.6 is 0 Å². The predicted octanol–water partition coefficient (Wildman–Crippen LogP) is 0.330. The summed E-state index contributed by atoms with van der Waals surface area (Å²) >= 11 is 0. The molecule has 3 heteroatoms. The van der Waals surface area contributed by atoms with Crippen molar-refractivity contribution in [1.29, 1.82) is 0 Å². The number of nitrogens with zero attached hydrogens (tertiary/aromatic N) is 1. The number of hydrogen-bond donors (Lipinski definition) is 2. The highest BCUT2D eigenvalue weighted by Crippen LogP contribution is 2.23. The first-order chi connectivity index (χ1) is 9.75. The second-order valence-corrected chi connectivity index (χ2v) is 6.63. The smallest absolute Gasteiger partial charge is 0.163 e. The molecule has 1 saturated heterocycles. The topological polar surface area (TPSA) is 24.3 Å². The molecule has 1 aromatic carbocycles. The van der Waals surface area contributed by atoms with Gasteiger partial charge in [0.1, 0.15) is 13.1 Å². The molecule has 2 heterocycles. The lowest BCUT2D eigenvalue weighted by molar-refractivity contribution is -0.947. The molecule has 0 bridgehead atoms. The van der Waals surface area contributed by atoms with Gasteiger partial charge in [-0.2, -0.15) is 0 Å². The van der Waals surface area contributed by atoms with E-state index in [1.165, 1.54) is 51.0 Å². The molecule has 2 aliphatic heterocycles. The standard InChI is InChI=1S/C17H27N3/c1-19(2)15-7-8-16-14(11-15)12-18-13-17(16)20-9-5-3-4-6-10-20/h7-8,11,17-18H,3-6,9-10,12-13H2,1-2H3/p+2/t17-/m1/s1. The van der Waals surface area contributed by atoms with Gasteiger partial charge in [-0.15, -0.1) is 0 Å². The van der Waals surface area contributed by atoms with Crippen LogP contribution in [0.5, 0.6) is 0 Å². The average Bonchev–Trinajstić information content (AvgIpc) is 2.75. The molecule has 0 radical (unpaired) electrons. The molecule has 3 rings (SSSR count). The summed E-state index contributed by atoms with van der Waals surface area (Å²) in [6.45, 7) is 5.16. The Hall–Kier alpha value is -1.06. The Kier molecular flexibility index (Phi) is 4.27. The van der Waals surface area contributed by atoms with Crippen LogP contribution in [0, 0.1) is 0 Å². The van der Waals surface area contributed by atoms with Crippen molar-refractivity contribution in [1.82, 2.24) is 0 Å². The predicted molar refractivity (Wildman–Crippen MR) is 83.2 cm³/mol. The average molecular weight is 275 g/mol. The van der Waals surface area contributed by atoms with Crippen LogP contribution in [0.25, 0.3) is 0 Å². The van der Waals surface area contributed by atoms with E-state index in [1.54, 1.807) is 11.1 Å². The van der Waals surface area contributed by atoms with Crippen molar-refractivity contribution in [3.05, 3.63) is 29.3 Å². The fourth-order valence-electron chi connectivity index (χ4n) is 3.84. The summed E-state index contributed by atoms with van der Waals surface area (Å²) in [5, 5.41) is 2.50. The molecule has 0 unspecified atom stereocenters. The number of quaternary nitrogens is 2. The molecule has 1 aromatic rings. The van der Waals surface area contributed by atoms with Gasteiger partial charge in [-0.05, 0) is 37.8 Å². The van der Waals surface area contributed by atoms with Gasteiger partial charge in [0.15, 0.2) is 6.04 Å². The third-order valence-corrected chi connectivity index (χ3v) is 5.02. The van der Waals surface area contributed by atoms with Gasteiger partial charge < -0.3 is 15.1 Å². The highest BCUT2D eigenvalue weighted by Gasteiger charge is 2.31. The maximum atomic E-state index is 2.50. The summed E-state index contributed by atoms with van der Waals surface area (Å²) < 4.78 is 0. The number of anilines is 1. The minimum absolute atomic E-state index is 0.716. The summed E-state index contributed by atoms with van der Waals surface area (Å²) in [4.78, 5) is 4.04. The number of nitrogens with one attached hydrogen (secondary N) is 1. The number of hydrogen-bond acceptors (Lipinski definition) is 1. The SMILES string of the molecule is CN(C)c1ccc2c(c1)C[NH2+]C[C@H]2[NH+]1CCCCCC1. The van der Waals surface area contributed by atoms with Gasteiger partial charge in [0, 0.05) is 30.9 Å². The molecule has 0 aromatic heterocycles. The third kappa shape index (κ3) is 2.84. The maximum absolute atomic E-state index is 2.50. The first-order valence-corrected chi connectivity index (χ1v) is 8.22. The lowest BCUT2D eigenvalue weighted by atomic mass is 9.94. The second-order valence-electron chi connectivity index (χ2n) is 6.63. The Morgan fingerprint density at radius 1 is 1.10 bits per heavy atom. The van der Waals surface area contributed by atoms with Gasteiger partial charge in [0.25, 0.3) is 0 Å². The van der Waals surface area contributed by atoms with Crippen molar-refractivity contribution in [3.8, 4) is 0 Å². The Morgan fingerprint density at radius 2 is 1.85 bits per heavy atom. The first-order valence-electron chi connectivity index (χ1n) is 8.22. The van der Waals surface area contributed by atoms with E-state index in [9.17, 15) is 0 Å². The zero-order chi connectivity index (χ0) is 13.9. The summed E-state index contributed by atoms with van der Waals surface area (Å²) in [6.07, 6.45) is 5.70. The van der Waals surface area contributed by atoms with E-state index in [-0.39, 0.29) is 0 Å². The molecule has 0 aliphatic carbocycles. The zero-order valence-corrected chi connectivity index (χ0v) is 13.0. The molecule has 0 saturated carbocycles. The third-order valence-electron chi connectivity index (χ3n) is 5.02. The van der Waals surface area contributed by atoms with Crippen LogP contribution < -0.4 is 15.1 Å². The molecule has 110 valence electrons. The monoisotopic (exact) mass is 275 g/mol. The molecule has 3 N–H and O–H groups in total. The first kappa shape index (κ1) is 13.9. The molecule has 2 aliphatic rings. The Labute approximate surface area is 123 Å². The fourth-order valence-corrected chi connectivity index (χ4v) is 3.84. The van der Waals surface area contributed by atoms with Crippen molar-refractivity contribution >= 4 is 5.69 Å². The number of benzene rings is 1. The molecule has 0 spiro atoms. The van der Waals surface area contributed by atoms with E-state index >= 15 is 0 Å². The number of fused-ring (bicyclic) bond motifs is 1. The van der Waals surface area contributed by atoms with Gasteiger partial charge in [0.05, 0.1) is 13.1 Å². The van der Waals surface area contributed by atoms with E-state index < -0.39 is 0 Å². The quantitative estimate of drug-likeness (QED) is 0.799. The highest BCUT2D eigenvalue weighted by molar-refractivity contribution is 5.50. The van der Waals surface area contributed by atoms with E-state index in [4.69, 9.17) is 0 Å². The Morgan fingerprint density at radius 3 is 2.55 bits per heavy atom. The van der Waals surface area contributed by atoms with Crippen LogP contribution in [0.3, 0.4) is 0 Å². The Balaban J connectivity index is 1.85. The van der Waals surface area contributed by atoms with Crippen molar-refractivity contribution in [2.24, 2.45) is 0 Å². The highest BCUT2D eigenvalue weighted by atomic mass is 15.2.